The highest BCUT2D eigenvalue weighted by molar-refractivity contribution is 7.00. The molecule has 316 valence electrons. The van der Waals surface area contributed by atoms with Crippen molar-refractivity contribution in [2.24, 2.45) is 0 Å². The largest absolute Gasteiger partial charge is 0.311 e. The first kappa shape index (κ1) is 37.3. The van der Waals surface area contributed by atoms with Crippen molar-refractivity contribution in [2.75, 3.05) is 9.80 Å². The van der Waals surface area contributed by atoms with Crippen LogP contribution >= 0.6 is 0 Å². The first-order valence-electron chi connectivity index (χ1n) is 24.8. The van der Waals surface area contributed by atoms with E-state index in [1.165, 1.54) is 66.6 Å². The molecule has 0 bridgehead atoms. The van der Waals surface area contributed by atoms with Crippen molar-refractivity contribution in [1.29, 1.82) is 0 Å². The second-order valence-electron chi connectivity index (χ2n) is 25.1. The van der Waals surface area contributed by atoms with Crippen LogP contribution in [0.5, 0.6) is 0 Å². The number of benzene rings is 5. The van der Waals surface area contributed by atoms with E-state index in [1.54, 1.807) is 0 Å². The Bertz CT molecular complexity index is 2840. The average Bonchev–Trinajstić information content (AvgIpc) is 3.48. The predicted octanol–water partition coefficient (Wildman–Crippen LogP) is 14.0. The van der Waals surface area contributed by atoms with Gasteiger partial charge in [-0.2, -0.15) is 0 Å². The number of aryl methyl sites for hydroxylation is 2. The smallest absolute Gasteiger partial charge is 0.252 e. The van der Waals surface area contributed by atoms with Crippen LogP contribution in [0.15, 0.2) is 72.8 Å². The molecular weight excluding hydrogens is 735 g/mol. The van der Waals surface area contributed by atoms with Crippen LogP contribution in [-0.4, -0.2) is 6.71 Å². The van der Waals surface area contributed by atoms with Crippen molar-refractivity contribution in [2.45, 2.75) is 181 Å². The third-order valence-corrected chi connectivity index (χ3v) is 16.4. The summed E-state index contributed by atoms with van der Waals surface area (Å²) in [6.45, 7) is 35.6. The van der Waals surface area contributed by atoms with Crippen molar-refractivity contribution in [1.82, 2.24) is 0 Å². The lowest BCUT2D eigenvalue weighted by molar-refractivity contribution is 0.332. The van der Waals surface area contributed by atoms with E-state index < -0.39 is 6.85 Å². The molecule has 0 aromatic heterocycles. The molecule has 2 aliphatic heterocycles. The van der Waals surface area contributed by atoms with E-state index in [4.69, 9.17) is 4.11 Å². The van der Waals surface area contributed by atoms with Crippen LogP contribution in [0.2, 0.25) is 0 Å². The zero-order valence-electron chi connectivity index (χ0n) is 43.2. The molecule has 5 aliphatic rings. The van der Waals surface area contributed by atoms with Crippen LogP contribution < -0.4 is 26.2 Å². The molecule has 0 unspecified atom stereocenters. The molecule has 2 heterocycles. The molecule has 0 fully saturated rings. The number of hydrogen-bond acceptors (Lipinski definition) is 2. The normalized spacial score (nSPS) is 22.2. The molecule has 5 aromatic rings. The molecule has 10 rings (SSSR count). The standard InChI is InChI=1S/C58H71BN2/c1-34-24-49-51-50(25-34)61(46-30-42-39(26-35(46)2)53(6,7)22-23-54(42,8)9)47-27-36(52(3,4)5)18-21-44(47)59(51)45-29-41-43(58(16,17)33-57(41,14)15)31-48(45)60(49)37-19-20-38-40(28-37)56(12,13)32-55(38,10)11/h18-21,24-31H,22-23,32-33H2,1-17H3/i1D3. The minimum Gasteiger partial charge on any atom is -0.311 e. The van der Waals surface area contributed by atoms with Crippen LogP contribution in [-0.2, 0) is 37.9 Å². The van der Waals surface area contributed by atoms with Gasteiger partial charge in [0, 0.05) is 38.2 Å². The Morgan fingerprint density at radius 1 is 0.492 bits per heavy atom. The van der Waals surface area contributed by atoms with Crippen molar-refractivity contribution in [3.63, 3.8) is 0 Å². The fourth-order valence-electron chi connectivity index (χ4n) is 13.5. The molecule has 0 amide bonds. The molecule has 0 spiro atoms. The number of anilines is 6. The summed E-state index contributed by atoms with van der Waals surface area (Å²) >= 11 is 0. The van der Waals surface area contributed by atoms with Gasteiger partial charge in [0.15, 0.2) is 0 Å². The quantitative estimate of drug-likeness (QED) is 0.161. The van der Waals surface area contributed by atoms with Crippen molar-refractivity contribution < 1.29 is 4.11 Å². The average molecular weight is 810 g/mol. The number of hydrogen-bond donors (Lipinski definition) is 0. The molecule has 3 aliphatic carbocycles. The van der Waals surface area contributed by atoms with E-state index in [0.717, 1.165) is 54.1 Å². The highest BCUT2D eigenvalue weighted by atomic mass is 15.2. The van der Waals surface area contributed by atoms with E-state index in [1.807, 2.05) is 12.1 Å². The molecule has 5 aromatic carbocycles. The van der Waals surface area contributed by atoms with Gasteiger partial charge in [0.25, 0.3) is 6.71 Å². The summed E-state index contributed by atoms with van der Waals surface area (Å²) in [7, 11) is 0. The summed E-state index contributed by atoms with van der Waals surface area (Å²) in [5.74, 6) is 0. The third kappa shape index (κ3) is 5.80. The van der Waals surface area contributed by atoms with E-state index in [9.17, 15) is 0 Å². The minimum atomic E-state index is -2.34. The minimum absolute atomic E-state index is 0.00343. The van der Waals surface area contributed by atoms with Gasteiger partial charge in [0.1, 0.15) is 0 Å². The van der Waals surface area contributed by atoms with Gasteiger partial charge in [-0.05, 0) is 186 Å². The van der Waals surface area contributed by atoms with Gasteiger partial charge in [-0.3, -0.25) is 0 Å². The first-order valence-corrected chi connectivity index (χ1v) is 23.3. The third-order valence-electron chi connectivity index (χ3n) is 16.4. The van der Waals surface area contributed by atoms with Crippen LogP contribution in [0, 0.1) is 13.8 Å². The van der Waals surface area contributed by atoms with Gasteiger partial charge in [-0.25, -0.2) is 0 Å². The molecule has 0 saturated carbocycles. The van der Waals surface area contributed by atoms with Gasteiger partial charge in [-0.15, -0.1) is 0 Å². The Morgan fingerprint density at radius 3 is 1.61 bits per heavy atom. The lowest BCUT2D eigenvalue weighted by atomic mass is 9.33. The number of fused-ring (bicyclic) bond motifs is 7. The number of rotatable bonds is 2. The van der Waals surface area contributed by atoms with Crippen molar-refractivity contribution in [3.8, 4) is 0 Å². The molecule has 0 radical (unpaired) electrons. The van der Waals surface area contributed by atoms with E-state index in [2.05, 4.69) is 181 Å². The summed E-state index contributed by atoms with van der Waals surface area (Å²) < 4.78 is 27.4. The van der Waals surface area contributed by atoms with Gasteiger partial charge >= 0.3 is 0 Å². The molecule has 2 nitrogen and oxygen atoms in total. The summed E-state index contributed by atoms with van der Waals surface area (Å²) in [5.41, 5.74) is 21.5. The van der Waals surface area contributed by atoms with Crippen molar-refractivity contribution >= 4 is 57.2 Å². The summed E-state index contributed by atoms with van der Waals surface area (Å²) in [4.78, 5) is 4.96. The molecule has 0 N–H and O–H groups in total. The Kier molecular flexibility index (Phi) is 7.51. The van der Waals surface area contributed by atoms with Gasteiger partial charge in [0.2, 0.25) is 0 Å². The molecule has 0 atom stereocenters. The summed E-state index contributed by atoms with van der Waals surface area (Å²) in [5, 5.41) is 0. The second kappa shape index (κ2) is 12.3. The monoisotopic (exact) mass is 810 g/mol. The fourth-order valence-corrected chi connectivity index (χ4v) is 13.5. The number of nitrogens with zero attached hydrogens (tertiary/aromatic N) is 2. The lowest BCUT2D eigenvalue weighted by Gasteiger charge is -2.47. The van der Waals surface area contributed by atoms with Gasteiger partial charge in [0.05, 0.1) is 0 Å². The van der Waals surface area contributed by atoms with E-state index in [-0.39, 0.29) is 44.6 Å². The Morgan fingerprint density at radius 2 is 1.00 bits per heavy atom. The molecular formula is C58H71BN2. The Hall–Kier alpha value is -4.24. The zero-order valence-corrected chi connectivity index (χ0v) is 40.2. The van der Waals surface area contributed by atoms with Gasteiger partial charge in [-0.1, -0.05) is 134 Å². The van der Waals surface area contributed by atoms with Crippen LogP contribution in [0.3, 0.4) is 0 Å². The Labute approximate surface area is 373 Å². The lowest BCUT2D eigenvalue weighted by Crippen LogP contribution is -2.61. The zero-order chi connectivity index (χ0) is 46.4. The fraction of sp³-hybridized carbons (Fsp3) is 0.483. The maximum Gasteiger partial charge on any atom is 0.252 e. The summed E-state index contributed by atoms with van der Waals surface area (Å²) in [6.07, 6.45) is 4.41. The maximum absolute atomic E-state index is 9.13. The van der Waals surface area contributed by atoms with E-state index in [0.29, 0.717) is 5.56 Å². The van der Waals surface area contributed by atoms with Gasteiger partial charge < -0.3 is 9.80 Å². The van der Waals surface area contributed by atoms with Crippen LogP contribution in [0.4, 0.5) is 34.1 Å². The highest BCUT2D eigenvalue weighted by Gasteiger charge is 2.50. The SMILES string of the molecule is [2H]C([2H])([2H])c1cc2c3c(c1)N(c1cc4c(cc1C)C(C)(C)CCC4(C)C)c1cc(C(C)(C)C)ccc1B3c1cc3c(cc1N2c1ccc2c(c1)C(C)(C)CC2(C)C)C(C)(C)CC3(C)C. The summed E-state index contributed by atoms with van der Waals surface area (Å²) in [6, 6.07) is 28.5. The molecule has 3 heteroatoms. The highest BCUT2D eigenvalue weighted by Crippen LogP contribution is 2.56. The maximum atomic E-state index is 9.13. The van der Waals surface area contributed by atoms with Crippen LogP contribution in [0.25, 0.3) is 0 Å². The molecule has 61 heavy (non-hydrogen) atoms. The second-order valence-corrected chi connectivity index (χ2v) is 25.1. The van der Waals surface area contributed by atoms with Crippen LogP contribution in [0.1, 0.15) is 184 Å². The van der Waals surface area contributed by atoms with E-state index >= 15 is 0 Å². The van der Waals surface area contributed by atoms with Crippen molar-refractivity contribution in [3.05, 3.63) is 123 Å². The molecule has 0 saturated heterocycles. The Balaban J connectivity index is 1.36. The topological polar surface area (TPSA) is 6.48 Å². The predicted molar refractivity (Wildman–Crippen MR) is 265 cm³/mol. The first-order chi connectivity index (χ1) is 29.3.